The molecule has 8 aromatic rings. The third kappa shape index (κ3) is 5.60. The molecule has 0 aromatic heterocycles. The fraction of sp³-hybridized carbons (Fsp3) is 0. The first kappa shape index (κ1) is 20.0. The van der Waals surface area contributed by atoms with Gasteiger partial charge in [-0.15, -0.1) is 0 Å². The molecule has 0 aliphatic carbocycles. The molecule has 0 saturated heterocycles. The monoisotopic (exact) mass is 608 g/mol. The van der Waals surface area contributed by atoms with E-state index in [1.807, 2.05) is 109 Å². The van der Waals surface area contributed by atoms with Crippen LogP contribution in [0, 0.1) is 0 Å². The SMILES string of the molecule is [2H]c1c([2H])c([2H])c(-c2c([2H])c([2H])c(N(c3ccc(-c4c(-c5ccccc5)ccc5ccccc45)cc3)c3ccccc3-c3ccccc3)c([2H])c2[2H])c([2H])c1[2H]. The maximum Gasteiger partial charge on any atom is 0.0645 e. The lowest BCUT2D eigenvalue weighted by Gasteiger charge is -2.28. The van der Waals surface area contributed by atoms with Crippen molar-refractivity contribution < 1.29 is 12.3 Å². The highest BCUT2D eigenvalue weighted by atomic mass is 15.1. The second-order valence-electron chi connectivity index (χ2n) is 11.1. The van der Waals surface area contributed by atoms with Gasteiger partial charge in [0.05, 0.1) is 18.0 Å². The van der Waals surface area contributed by atoms with Crippen LogP contribution in [0.15, 0.2) is 200 Å². The van der Waals surface area contributed by atoms with Gasteiger partial charge in [-0.1, -0.05) is 170 Å². The molecule has 0 atom stereocenters. The molecule has 0 radical (unpaired) electrons. The average molecular weight is 609 g/mol. The van der Waals surface area contributed by atoms with Gasteiger partial charge in [0.2, 0.25) is 0 Å². The molecule has 0 aliphatic rings. The standard InChI is InChI=1S/C46H33N/c1-4-14-34(15-5-1)35-24-29-40(30-25-35)47(45-23-13-12-21-42(45)36-16-6-2-7-17-36)41-31-26-39(27-32-41)46-43-22-11-10-20-38(43)28-33-44(46)37-18-8-3-9-19-37/h1-33H/i1D,4D,5D,14D,15D,24D,25D,29D,30D. The first-order valence-corrected chi connectivity index (χ1v) is 15.4. The highest BCUT2D eigenvalue weighted by Gasteiger charge is 2.18. The summed E-state index contributed by atoms with van der Waals surface area (Å²) in [6, 6.07) is 42.7. The zero-order valence-electron chi connectivity index (χ0n) is 34.3. The van der Waals surface area contributed by atoms with Crippen LogP contribution in [0.25, 0.3) is 55.3 Å². The summed E-state index contributed by atoms with van der Waals surface area (Å²) < 4.78 is 78.9. The summed E-state index contributed by atoms with van der Waals surface area (Å²) >= 11 is 0. The molecule has 222 valence electrons. The Morgan fingerprint density at radius 3 is 1.68 bits per heavy atom. The second-order valence-corrected chi connectivity index (χ2v) is 11.1. The Hall–Kier alpha value is -6.18. The second kappa shape index (κ2) is 12.7. The van der Waals surface area contributed by atoms with Crippen LogP contribution in [0.5, 0.6) is 0 Å². The molecule has 47 heavy (non-hydrogen) atoms. The van der Waals surface area contributed by atoms with E-state index >= 15 is 0 Å². The number of benzene rings is 8. The Morgan fingerprint density at radius 2 is 0.957 bits per heavy atom. The van der Waals surface area contributed by atoms with Crippen molar-refractivity contribution in [1.82, 2.24) is 0 Å². The molecule has 0 aliphatic heterocycles. The molecule has 0 N–H and O–H groups in total. The van der Waals surface area contributed by atoms with Crippen LogP contribution in [-0.4, -0.2) is 0 Å². The topological polar surface area (TPSA) is 3.24 Å². The molecular weight excluding hydrogens is 567 g/mol. The lowest BCUT2D eigenvalue weighted by Crippen LogP contribution is -2.11. The third-order valence-corrected chi connectivity index (χ3v) is 8.24. The van der Waals surface area contributed by atoms with Crippen LogP contribution >= 0.6 is 0 Å². The molecule has 8 rings (SSSR count). The zero-order valence-corrected chi connectivity index (χ0v) is 25.3. The van der Waals surface area contributed by atoms with E-state index in [0.29, 0.717) is 11.4 Å². The fourth-order valence-corrected chi connectivity index (χ4v) is 6.05. The molecule has 0 fully saturated rings. The van der Waals surface area contributed by atoms with E-state index in [-0.39, 0.29) is 16.8 Å². The summed E-state index contributed by atoms with van der Waals surface area (Å²) in [6.45, 7) is 0. The fourth-order valence-electron chi connectivity index (χ4n) is 6.05. The quantitative estimate of drug-likeness (QED) is 0.174. The summed E-state index contributed by atoms with van der Waals surface area (Å²) in [4.78, 5) is 1.71. The van der Waals surface area contributed by atoms with E-state index in [4.69, 9.17) is 6.85 Å². The molecule has 0 unspecified atom stereocenters. The number of hydrogen-bond acceptors (Lipinski definition) is 1. The van der Waals surface area contributed by atoms with Gasteiger partial charge in [0.15, 0.2) is 0 Å². The molecular formula is C46H33N. The first-order valence-electron chi connectivity index (χ1n) is 19.9. The van der Waals surface area contributed by atoms with Crippen molar-refractivity contribution in [2.45, 2.75) is 0 Å². The van der Waals surface area contributed by atoms with Gasteiger partial charge >= 0.3 is 0 Å². The van der Waals surface area contributed by atoms with Crippen molar-refractivity contribution in [3.63, 3.8) is 0 Å². The Kier molecular flexibility index (Phi) is 5.40. The Morgan fingerprint density at radius 1 is 0.362 bits per heavy atom. The van der Waals surface area contributed by atoms with Crippen molar-refractivity contribution >= 4 is 27.8 Å². The van der Waals surface area contributed by atoms with E-state index in [1.165, 1.54) is 0 Å². The predicted molar refractivity (Wildman–Crippen MR) is 200 cm³/mol. The minimum absolute atomic E-state index is 0.0533. The Labute approximate surface area is 289 Å². The van der Waals surface area contributed by atoms with Gasteiger partial charge in [0.25, 0.3) is 0 Å². The van der Waals surface area contributed by atoms with E-state index in [0.717, 1.165) is 44.2 Å². The van der Waals surface area contributed by atoms with Crippen LogP contribution in [0.2, 0.25) is 0 Å². The number of rotatable bonds is 7. The van der Waals surface area contributed by atoms with Crippen LogP contribution in [0.3, 0.4) is 0 Å². The molecule has 0 bridgehead atoms. The van der Waals surface area contributed by atoms with Crippen LogP contribution in [0.4, 0.5) is 17.1 Å². The van der Waals surface area contributed by atoms with Gasteiger partial charge in [0.1, 0.15) is 0 Å². The molecule has 0 heterocycles. The van der Waals surface area contributed by atoms with Crippen molar-refractivity contribution in [3.8, 4) is 44.5 Å². The predicted octanol–water partition coefficient (Wildman–Crippen LogP) is 13.0. The van der Waals surface area contributed by atoms with E-state index in [1.54, 1.807) is 4.90 Å². The largest absolute Gasteiger partial charge is 0.310 e. The molecule has 0 amide bonds. The van der Waals surface area contributed by atoms with Crippen LogP contribution in [-0.2, 0) is 0 Å². The number of para-hydroxylation sites is 1. The summed E-state index contributed by atoms with van der Waals surface area (Å²) in [5.41, 5.74) is 6.13. The maximum absolute atomic E-state index is 9.42. The summed E-state index contributed by atoms with van der Waals surface area (Å²) in [7, 11) is 0. The Balaban J connectivity index is 1.38. The summed E-state index contributed by atoms with van der Waals surface area (Å²) in [6.07, 6.45) is 0. The highest BCUT2D eigenvalue weighted by Crippen LogP contribution is 2.43. The lowest BCUT2D eigenvalue weighted by atomic mass is 9.89. The van der Waals surface area contributed by atoms with E-state index in [9.17, 15) is 5.48 Å². The van der Waals surface area contributed by atoms with Crippen molar-refractivity contribution in [1.29, 1.82) is 0 Å². The lowest BCUT2D eigenvalue weighted by molar-refractivity contribution is 1.28. The van der Waals surface area contributed by atoms with Gasteiger partial charge in [-0.25, -0.2) is 0 Å². The number of fused-ring (bicyclic) bond motifs is 1. The van der Waals surface area contributed by atoms with Gasteiger partial charge in [-0.3, -0.25) is 0 Å². The van der Waals surface area contributed by atoms with Crippen LogP contribution in [0.1, 0.15) is 12.3 Å². The highest BCUT2D eigenvalue weighted by molar-refractivity contribution is 6.04. The van der Waals surface area contributed by atoms with Crippen molar-refractivity contribution in [2.75, 3.05) is 4.90 Å². The minimum atomic E-state index is -0.623. The summed E-state index contributed by atoms with van der Waals surface area (Å²) in [5.74, 6) is 0. The van der Waals surface area contributed by atoms with Crippen molar-refractivity contribution in [2.24, 2.45) is 0 Å². The van der Waals surface area contributed by atoms with Crippen molar-refractivity contribution in [3.05, 3.63) is 200 Å². The number of hydrogen-bond donors (Lipinski definition) is 0. The molecule has 8 aromatic carbocycles. The molecule has 1 nitrogen and oxygen atoms in total. The first-order chi connectivity index (χ1) is 27.1. The maximum atomic E-state index is 9.42. The average Bonchev–Trinajstić information content (AvgIpc) is 3.24. The van der Waals surface area contributed by atoms with E-state index < -0.39 is 54.4 Å². The number of nitrogens with zero attached hydrogens (tertiary/aromatic N) is 1. The minimum Gasteiger partial charge on any atom is -0.310 e. The molecule has 0 saturated carbocycles. The molecule has 0 spiro atoms. The normalized spacial score (nSPS) is 13.7. The van der Waals surface area contributed by atoms with Crippen LogP contribution < -0.4 is 4.90 Å². The van der Waals surface area contributed by atoms with Gasteiger partial charge in [-0.2, -0.15) is 0 Å². The van der Waals surface area contributed by atoms with Gasteiger partial charge in [-0.05, 0) is 80.0 Å². The van der Waals surface area contributed by atoms with Gasteiger partial charge < -0.3 is 4.90 Å². The third-order valence-electron chi connectivity index (χ3n) is 8.24. The number of anilines is 3. The Bertz CT molecular complexity index is 2730. The van der Waals surface area contributed by atoms with E-state index in [2.05, 4.69) is 36.4 Å². The smallest absolute Gasteiger partial charge is 0.0645 e. The zero-order chi connectivity index (χ0) is 39.2. The van der Waals surface area contributed by atoms with Gasteiger partial charge in [0, 0.05) is 16.9 Å². The molecule has 1 heteroatoms. The summed E-state index contributed by atoms with van der Waals surface area (Å²) in [5, 5.41) is 2.17.